The number of aliphatic carboxylic acids is 1. The van der Waals surface area contributed by atoms with Crippen LogP contribution in [0.5, 0.6) is 0 Å². The van der Waals surface area contributed by atoms with Gasteiger partial charge in [-0.05, 0) is 66.2 Å². The summed E-state index contributed by atoms with van der Waals surface area (Å²) in [7, 11) is 4.23. The molecule has 0 bridgehead atoms. The van der Waals surface area contributed by atoms with Crippen molar-refractivity contribution >= 4 is 5.97 Å². The largest absolute Gasteiger partial charge is 0.480 e. The number of nitrogens with two attached hydrogens (primary N) is 1. The third kappa shape index (κ3) is 5.09. The molecule has 3 N–H and O–H groups in total. The standard InChI is InChI=1S/C14H29N3O2/c1-11(9-14(2,15)13(18)19)17-7-5-12(6-8-17)10-16(3)4/h11-12H,5-10,15H2,1-4H3,(H,18,19). The molecule has 0 aromatic carbocycles. The Kier molecular flexibility index (Phi) is 5.77. The Bertz CT molecular complexity index is 297. The van der Waals surface area contributed by atoms with E-state index in [-0.39, 0.29) is 6.04 Å². The van der Waals surface area contributed by atoms with Crippen molar-refractivity contribution in [3.8, 4) is 0 Å². The molecule has 0 aliphatic carbocycles. The maximum atomic E-state index is 11.1. The van der Waals surface area contributed by atoms with Crippen molar-refractivity contribution in [3.05, 3.63) is 0 Å². The summed E-state index contributed by atoms with van der Waals surface area (Å²) in [4.78, 5) is 15.7. The second-order valence-electron chi connectivity index (χ2n) is 6.52. The first-order valence-electron chi connectivity index (χ1n) is 7.13. The molecule has 1 heterocycles. The SMILES string of the molecule is CC(CC(C)(N)C(=O)O)N1CCC(CN(C)C)CC1. The number of hydrogen-bond donors (Lipinski definition) is 2. The second kappa shape index (κ2) is 6.68. The highest BCUT2D eigenvalue weighted by Gasteiger charge is 2.33. The van der Waals surface area contributed by atoms with Gasteiger partial charge >= 0.3 is 5.97 Å². The third-order valence-electron chi connectivity index (χ3n) is 4.10. The van der Waals surface area contributed by atoms with Crippen molar-refractivity contribution in [1.29, 1.82) is 0 Å². The van der Waals surface area contributed by atoms with Crippen LogP contribution in [0, 0.1) is 5.92 Å². The molecule has 0 aromatic rings. The lowest BCUT2D eigenvalue weighted by molar-refractivity contribution is -0.143. The molecule has 2 atom stereocenters. The van der Waals surface area contributed by atoms with Gasteiger partial charge in [0.15, 0.2) is 0 Å². The van der Waals surface area contributed by atoms with Gasteiger partial charge in [0.1, 0.15) is 5.54 Å². The predicted octanol–water partition coefficient (Wildman–Crippen LogP) is 0.841. The van der Waals surface area contributed by atoms with Gasteiger partial charge in [0.05, 0.1) is 0 Å². The molecule has 1 aliphatic heterocycles. The van der Waals surface area contributed by atoms with Crippen molar-refractivity contribution in [2.45, 2.75) is 44.7 Å². The lowest BCUT2D eigenvalue weighted by Crippen LogP contribution is -2.51. The molecule has 0 aromatic heterocycles. The highest BCUT2D eigenvalue weighted by atomic mass is 16.4. The van der Waals surface area contributed by atoms with Crippen LogP contribution >= 0.6 is 0 Å². The van der Waals surface area contributed by atoms with Crippen LogP contribution in [0.1, 0.15) is 33.1 Å². The number of nitrogens with zero attached hydrogens (tertiary/aromatic N) is 2. The van der Waals surface area contributed by atoms with Crippen LogP contribution in [0.2, 0.25) is 0 Å². The molecule has 0 spiro atoms. The molecular formula is C14H29N3O2. The Morgan fingerprint density at radius 1 is 1.47 bits per heavy atom. The lowest BCUT2D eigenvalue weighted by atomic mass is 9.91. The minimum atomic E-state index is -1.13. The summed E-state index contributed by atoms with van der Waals surface area (Å²) >= 11 is 0. The molecular weight excluding hydrogens is 242 g/mol. The molecule has 1 rings (SSSR count). The molecule has 19 heavy (non-hydrogen) atoms. The van der Waals surface area contributed by atoms with E-state index in [1.807, 2.05) is 0 Å². The fourth-order valence-corrected chi connectivity index (χ4v) is 2.92. The molecule has 1 fully saturated rings. The summed E-state index contributed by atoms with van der Waals surface area (Å²) < 4.78 is 0. The third-order valence-corrected chi connectivity index (χ3v) is 4.10. The minimum Gasteiger partial charge on any atom is -0.480 e. The zero-order valence-electron chi connectivity index (χ0n) is 12.7. The topological polar surface area (TPSA) is 69.8 Å². The van der Waals surface area contributed by atoms with Crippen LogP contribution in [-0.4, -0.2) is 66.2 Å². The molecule has 5 nitrogen and oxygen atoms in total. The number of carbonyl (C=O) groups is 1. The molecule has 112 valence electrons. The minimum absolute atomic E-state index is 0.228. The maximum Gasteiger partial charge on any atom is 0.323 e. The number of rotatable bonds is 6. The molecule has 0 amide bonds. The van der Waals surface area contributed by atoms with Gasteiger partial charge in [0.25, 0.3) is 0 Å². The van der Waals surface area contributed by atoms with E-state index in [0.29, 0.717) is 6.42 Å². The lowest BCUT2D eigenvalue weighted by Gasteiger charge is -2.38. The highest BCUT2D eigenvalue weighted by Crippen LogP contribution is 2.22. The molecule has 0 radical (unpaired) electrons. The Morgan fingerprint density at radius 2 is 2.00 bits per heavy atom. The Morgan fingerprint density at radius 3 is 2.42 bits per heavy atom. The average molecular weight is 271 g/mol. The van der Waals surface area contributed by atoms with E-state index in [0.717, 1.165) is 25.6 Å². The fraction of sp³-hybridized carbons (Fsp3) is 0.929. The zero-order valence-corrected chi connectivity index (χ0v) is 12.7. The number of carboxylic acid groups (broad SMARTS) is 1. The Balaban J connectivity index is 2.41. The smallest absolute Gasteiger partial charge is 0.323 e. The van der Waals surface area contributed by atoms with Gasteiger partial charge in [-0.25, -0.2) is 0 Å². The number of carboxylic acids is 1. The first-order chi connectivity index (χ1) is 8.72. The summed E-state index contributed by atoms with van der Waals surface area (Å²) in [5.41, 5.74) is 4.70. The van der Waals surface area contributed by atoms with Crippen LogP contribution < -0.4 is 5.73 Å². The van der Waals surface area contributed by atoms with Gasteiger partial charge in [0.2, 0.25) is 0 Å². The summed E-state index contributed by atoms with van der Waals surface area (Å²) in [6.07, 6.45) is 2.88. The van der Waals surface area contributed by atoms with Crippen LogP contribution in [0.25, 0.3) is 0 Å². The van der Waals surface area contributed by atoms with Gasteiger partial charge < -0.3 is 20.6 Å². The quantitative estimate of drug-likeness (QED) is 0.749. The van der Waals surface area contributed by atoms with Gasteiger partial charge in [0, 0.05) is 12.6 Å². The highest BCUT2D eigenvalue weighted by molar-refractivity contribution is 5.77. The first-order valence-corrected chi connectivity index (χ1v) is 7.13. The monoisotopic (exact) mass is 271 g/mol. The van der Waals surface area contributed by atoms with E-state index in [9.17, 15) is 4.79 Å². The van der Waals surface area contributed by atoms with E-state index in [1.165, 1.54) is 12.8 Å². The summed E-state index contributed by atoms with van der Waals surface area (Å²) in [6, 6.07) is 0.228. The van der Waals surface area contributed by atoms with Crippen LogP contribution in [0.3, 0.4) is 0 Å². The van der Waals surface area contributed by atoms with E-state index in [4.69, 9.17) is 10.8 Å². The molecule has 1 aliphatic rings. The van der Waals surface area contributed by atoms with Crippen LogP contribution in [0.15, 0.2) is 0 Å². The maximum absolute atomic E-state index is 11.1. The van der Waals surface area contributed by atoms with E-state index in [2.05, 4.69) is 30.8 Å². The van der Waals surface area contributed by atoms with Crippen molar-refractivity contribution in [1.82, 2.24) is 9.80 Å². The summed E-state index contributed by atoms with van der Waals surface area (Å²) in [5.74, 6) is -0.149. The molecule has 1 saturated heterocycles. The second-order valence-corrected chi connectivity index (χ2v) is 6.52. The summed E-state index contributed by atoms with van der Waals surface area (Å²) in [6.45, 7) is 6.93. The van der Waals surface area contributed by atoms with Crippen molar-refractivity contribution in [2.75, 3.05) is 33.7 Å². The van der Waals surface area contributed by atoms with Gasteiger partial charge in [-0.1, -0.05) is 0 Å². The number of piperidine rings is 1. The van der Waals surface area contributed by atoms with Crippen molar-refractivity contribution in [2.24, 2.45) is 11.7 Å². The molecule has 5 heteroatoms. The molecule has 2 unspecified atom stereocenters. The molecule has 0 saturated carbocycles. The van der Waals surface area contributed by atoms with Crippen molar-refractivity contribution < 1.29 is 9.90 Å². The predicted molar refractivity (Wildman–Crippen MR) is 77.2 cm³/mol. The number of likely N-dealkylation sites (tertiary alicyclic amines) is 1. The first kappa shape index (κ1) is 16.4. The normalized spacial score (nSPS) is 23.3. The van der Waals surface area contributed by atoms with Gasteiger partial charge in [-0.15, -0.1) is 0 Å². The zero-order chi connectivity index (χ0) is 14.6. The fourth-order valence-electron chi connectivity index (χ4n) is 2.92. The number of hydrogen-bond acceptors (Lipinski definition) is 4. The Hall–Kier alpha value is -0.650. The van der Waals surface area contributed by atoms with Gasteiger partial charge in [-0.3, -0.25) is 4.79 Å². The average Bonchev–Trinajstić information content (AvgIpc) is 2.28. The summed E-state index contributed by atoms with van der Waals surface area (Å²) in [5, 5.41) is 9.08. The van der Waals surface area contributed by atoms with Crippen molar-refractivity contribution in [3.63, 3.8) is 0 Å². The van der Waals surface area contributed by atoms with Gasteiger partial charge in [-0.2, -0.15) is 0 Å². The van der Waals surface area contributed by atoms with E-state index < -0.39 is 11.5 Å². The Labute approximate surface area is 116 Å². The van der Waals surface area contributed by atoms with Crippen LogP contribution in [-0.2, 0) is 4.79 Å². The van der Waals surface area contributed by atoms with E-state index in [1.54, 1.807) is 6.92 Å². The van der Waals surface area contributed by atoms with E-state index >= 15 is 0 Å². The van der Waals surface area contributed by atoms with Crippen LogP contribution in [0.4, 0.5) is 0 Å².